The first-order chi connectivity index (χ1) is 4.34. The van der Waals surface area contributed by atoms with E-state index < -0.39 is 0 Å². The van der Waals surface area contributed by atoms with Crippen molar-refractivity contribution in [1.29, 1.82) is 0 Å². The van der Waals surface area contributed by atoms with Gasteiger partial charge in [0.05, 0.1) is 0 Å². The maximum atomic E-state index is 3.62. The largest absolute Gasteiger partial charge is 0.311 e. The highest BCUT2D eigenvalue weighted by molar-refractivity contribution is 4.90. The van der Waals surface area contributed by atoms with Gasteiger partial charge in [-0.25, -0.2) is 0 Å². The van der Waals surface area contributed by atoms with Crippen molar-refractivity contribution in [3.05, 3.63) is 0 Å². The van der Waals surface area contributed by atoms with E-state index in [0.717, 1.165) is 18.0 Å². The molecule has 2 aliphatic rings. The second-order valence-electron chi connectivity index (χ2n) is 3.71. The summed E-state index contributed by atoms with van der Waals surface area (Å²) in [4.78, 5) is 0. The number of rotatable bonds is 0. The SMILES string of the molecule is CC1CC2CC[C@@H](C1)N2. The summed E-state index contributed by atoms with van der Waals surface area (Å²) in [6.45, 7) is 2.38. The molecule has 2 aliphatic heterocycles. The van der Waals surface area contributed by atoms with Gasteiger partial charge >= 0.3 is 0 Å². The molecule has 52 valence electrons. The Hall–Kier alpha value is -0.0400. The van der Waals surface area contributed by atoms with Crippen molar-refractivity contribution in [2.75, 3.05) is 0 Å². The van der Waals surface area contributed by atoms with E-state index in [1.54, 1.807) is 0 Å². The normalized spacial score (nSPS) is 49.7. The van der Waals surface area contributed by atoms with Gasteiger partial charge in [0.25, 0.3) is 0 Å². The molecule has 0 aromatic carbocycles. The van der Waals surface area contributed by atoms with Gasteiger partial charge in [0.2, 0.25) is 0 Å². The summed E-state index contributed by atoms with van der Waals surface area (Å²) in [7, 11) is 0. The maximum Gasteiger partial charge on any atom is 0.00727 e. The number of hydrogen-bond acceptors (Lipinski definition) is 1. The minimum Gasteiger partial charge on any atom is -0.311 e. The molecule has 1 nitrogen and oxygen atoms in total. The van der Waals surface area contributed by atoms with Gasteiger partial charge in [-0.15, -0.1) is 0 Å². The minimum atomic E-state index is 0.888. The van der Waals surface area contributed by atoms with Crippen LogP contribution in [-0.2, 0) is 0 Å². The van der Waals surface area contributed by atoms with E-state index in [9.17, 15) is 0 Å². The van der Waals surface area contributed by atoms with Crippen molar-refractivity contribution in [3.8, 4) is 0 Å². The van der Waals surface area contributed by atoms with Crippen LogP contribution in [0.3, 0.4) is 0 Å². The molecule has 0 radical (unpaired) electrons. The molecule has 0 aromatic rings. The van der Waals surface area contributed by atoms with Gasteiger partial charge in [-0.2, -0.15) is 0 Å². The van der Waals surface area contributed by atoms with E-state index in [-0.39, 0.29) is 0 Å². The van der Waals surface area contributed by atoms with Crippen molar-refractivity contribution < 1.29 is 0 Å². The summed E-state index contributed by atoms with van der Waals surface area (Å²) in [5.41, 5.74) is 0. The summed E-state index contributed by atoms with van der Waals surface area (Å²) >= 11 is 0. The molecule has 2 heterocycles. The highest BCUT2D eigenvalue weighted by atomic mass is 15.0. The molecule has 0 aliphatic carbocycles. The smallest absolute Gasteiger partial charge is 0.00727 e. The zero-order chi connectivity index (χ0) is 6.27. The predicted octanol–water partition coefficient (Wildman–Crippen LogP) is 1.54. The molecule has 2 fully saturated rings. The summed E-state index contributed by atoms with van der Waals surface area (Å²) in [6.07, 6.45) is 5.73. The quantitative estimate of drug-likeness (QED) is 0.518. The number of hydrogen-bond donors (Lipinski definition) is 1. The number of fused-ring (bicyclic) bond motifs is 2. The third kappa shape index (κ3) is 0.983. The molecule has 2 saturated heterocycles. The Labute approximate surface area is 56.8 Å². The molecule has 0 spiro atoms. The fraction of sp³-hybridized carbons (Fsp3) is 1.00. The molecule has 2 bridgehead atoms. The molecular weight excluding hydrogens is 110 g/mol. The van der Waals surface area contributed by atoms with E-state index in [0.29, 0.717) is 0 Å². The molecule has 9 heavy (non-hydrogen) atoms. The zero-order valence-electron chi connectivity index (χ0n) is 6.06. The predicted molar refractivity (Wildman–Crippen MR) is 38.3 cm³/mol. The van der Waals surface area contributed by atoms with Crippen LogP contribution >= 0.6 is 0 Å². The molecule has 0 aromatic heterocycles. The topological polar surface area (TPSA) is 12.0 Å². The van der Waals surface area contributed by atoms with E-state index in [1.807, 2.05) is 0 Å². The van der Waals surface area contributed by atoms with Gasteiger partial charge in [0.1, 0.15) is 0 Å². The lowest BCUT2D eigenvalue weighted by atomic mass is 9.95. The monoisotopic (exact) mass is 125 g/mol. The standard InChI is InChI=1S/C8H15N/c1-6-4-7-2-3-8(5-6)9-7/h6-9H,2-5H2,1H3/t6?,7-,8?/m0/s1. The highest BCUT2D eigenvalue weighted by Crippen LogP contribution is 2.29. The number of piperidine rings is 1. The molecule has 1 heteroatoms. The minimum absolute atomic E-state index is 0.888. The molecule has 0 amide bonds. The first kappa shape index (κ1) is 5.72. The second-order valence-corrected chi connectivity index (χ2v) is 3.71. The van der Waals surface area contributed by atoms with Gasteiger partial charge in [-0.3, -0.25) is 0 Å². The first-order valence-corrected chi connectivity index (χ1v) is 4.10. The lowest BCUT2D eigenvalue weighted by molar-refractivity contribution is 0.319. The van der Waals surface area contributed by atoms with Crippen molar-refractivity contribution in [1.82, 2.24) is 5.32 Å². The summed E-state index contributed by atoms with van der Waals surface area (Å²) in [6, 6.07) is 1.78. The highest BCUT2D eigenvalue weighted by Gasteiger charge is 2.30. The summed E-state index contributed by atoms with van der Waals surface area (Å²) in [5.74, 6) is 0.990. The van der Waals surface area contributed by atoms with Crippen molar-refractivity contribution in [3.63, 3.8) is 0 Å². The Kier molecular flexibility index (Phi) is 1.26. The Balaban J connectivity index is 2.03. The van der Waals surface area contributed by atoms with Crippen LogP contribution < -0.4 is 5.32 Å². The van der Waals surface area contributed by atoms with Crippen LogP contribution in [0.2, 0.25) is 0 Å². The fourth-order valence-corrected chi connectivity index (χ4v) is 2.34. The average Bonchev–Trinajstić information content (AvgIpc) is 2.11. The Morgan fingerprint density at radius 1 is 1.11 bits per heavy atom. The second kappa shape index (κ2) is 1.98. The molecule has 0 saturated carbocycles. The molecular formula is C8H15N. The van der Waals surface area contributed by atoms with Gasteiger partial charge in [-0.1, -0.05) is 6.92 Å². The van der Waals surface area contributed by atoms with Crippen LogP contribution in [0.15, 0.2) is 0 Å². The third-order valence-corrected chi connectivity index (χ3v) is 2.71. The zero-order valence-corrected chi connectivity index (χ0v) is 6.06. The van der Waals surface area contributed by atoms with Gasteiger partial charge in [0, 0.05) is 12.1 Å². The van der Waals surface area contributed by atoms with Crippen LogP contribution in [0.4, 0.5) is 0 Å². The van der Waals surface area contributed by atoms with E-state index >= 15 is 0 Å². The fourth-order valence-electron chi connectivity index (χ4n) is 2.34. The van der Waals surface area contributed by atoms with Gasteiger partial charge < -0.3 is 5.32 Å². The lowest BCUT2D eigenvalue weighted by Gasteiger charge is -2.25. The maximum absolute atomic E-state index is 3.62. The Morgan fingerprint density at radius 2 is 1.67 bits per heavy atom. The Bertz CT molecular complexity index is 99.1. The summed E-state index contributed by atoms with van der Waals surface area (Å²) in [5, 5.41) is 3.62. The van der Waals surface area contributed by atoms with Crippen molar-refractivity contribution in [2.24, 2.45) is 5.92 Å². The van der Waals surface area contributed by atoms with Crippen LogP contribution in [-0.4, -0.2) is 12.1 Å². The first-order valence-electron chi connectivity index (χ1n) is 4.10. The van der Waals surface area contributed by atoms with E-state index in [2.05, 4.69) is 12.2 Å². The average molecular weight is 125 g/mol. The van der Waals surface area contributed by atoms with E-state index in [4.69, 9.17) is 0 Å². The molecule has 1 N–H and O–H groups in total. The lowest BCUT2D eigenvalue weighted by Crippen LogP contribution is -2.37. The van der Waals surface area contributed by atoms with Crippen molar-refractivity contribution in [2.45, 2.75) is 44.7 Å². The van der Waals surface area contributed by atoms with Gasteiger partial charge in [-0.05, 0) is 31.6 Å². The molecule has 3 atom stereocenters. The molecule has 2 unspecified atom stereocenters. The van der Waals surface area contributed by atoms with Crippen molar-refractivity contribution >= 4 is 0 Å². The molecule has 2 rings (SSSR count). The van der Waals surface area contributed by atoms with Crippen LogP contribution in [0.25, 0.3) is 0 Å². The Morgan fingerprint density at radius 3 is 2.22 bits per heavy atom. The summed E-state index contributed by atoms with van der Waals surface area (Å²) < 4.78 is 0. The van der Waals surface area contributed by atoms with E-state index in [1.165, 1.54) is 25.7 Å². The van der Waals surface area contributed by atoms with Crippen LogP contribution in [0, 0.1) is 5.92 Å². The van der Waals surface area contributed by atoms with Crippen LogP contribution in [0.5, 0.6) is 0 Å². The van der Waals surface area contributed by atoms with Crippen LogP contribution in [0.1, 0.15) is 32.6 Å². The third-order valence-electron chi connectivity index (χ3n) is 2.71. The van der Waals surface area contributed by atoms with Gasteiger partial charge in [0.15, 0.2) is 0 Å². The number of nitrogens with one attached hydrogen (secondary N) is 1.